The molecule has 1 aliphatic heterocycles. The van der Waals surface area contributed by atoms with Gasteiger partial charge in [-0.2, -0.15) is 0 Å². The van der Waals surface area contributed by atoms with Crippen molar-refractivity contribution in [3.05, 3.63) is 0 Å². The number of fused-ring (bicyclic) bond motifs is 1. The van der Waals surface area contributed by atoms with Crippen LogP contribution in [0.1, 0.15) is 86.5 Å². The van der Waals surface area contributed by atoms with Gasteiger partial charge in [0.2, 0.25) is 0 Å². The zero-order valence-corrected chi connectivity index (χ0v) is 24.7. The molecule has 2 aliphatic rings. The van der Waals surface area contributed by atoms with Gasteiger partial charge in [-0.3, -0.25) is 14.2 Å². The summed E-state index contributed by atoms with van der Waals surface area (Å²) < 4.78 is 36.5. The topological polar surface area (TPSA) is 153 Å². The maximum absolute atomic E-state index is 14.2. The SMILES string of the molecule is CCCCOC(=O)[C@H](CC(C)C)NP(=O)(N[C@@H](CC(C)C)C(=O)OCCCC)OC[C@H]1O[C@H]2CC2(O)C1O. The highest BCUT2D eigenvalue weighted by Crippen LogP contribution is 2.51. The number of rotatable bonds is 19. The van der Waals surface area contributed by atoms with E-state index in [1.165, 1.54) is 0 Å². The van der Waals surface area contributed by atoms with Gasteiger partial charge >= 0.3 is 19.6 Å². The van der Waals surface area contributed by atoms with Gasteiger partial charge in [-0.1, -0.05) is 54.4 Å². The number of nitrogens with one attached hydrogen (secondary N) is 2. The minimum atomic E-state index is -4.11. The Hall–Kier alpha value is -1.07. The van der Waals surface area contributed by atoms with Gasteiger partial charge in [0.1, 0.15) is 29.9 Å². The molecule has 0 amide bonds. The normalized spacial score (nSPS) is 26.3. The monoisotopic (exact) mass is 564 g/mol. The van der Waals surface area contributed by atoms with Crippen LogP contribution in [0.5, 0.6) is 0 Å². The summed E-state index contributed by atoms with van der Waals surface area (Å²) in [5.74, 6) is -0.995. The van der Waals surface area contributed by atoms with Crippen LogP contribution >= 0.6 is 7.67 Å². The molecule has 0 bridgehead atoms. The molecule has 6 atom stereocenters. The van der Waals surface area contributed by atoms with Crippen LogP contribution in [-0.2, 0) is 32.9 Å². The van der Waals surface area contributed by atoms with Crippen LogP contribution in [0, 0.1) is 11.8 Å². The molecule has 1 heterocycles. The van der Waals surface area contributed by atoms with Crippen molar-refractivity contribution >= 4 is 19.6 Å². The second-order valence-electron chi connectivity index (χ2n) is 11.3. The summed E-state index contributed by atoms with van der Waals surface area (Å²) in [6.45, 7) is 11.8. The number of esters is 2. The molecular formula is C26H49N2O9P. The molecule has 4 N–H and O–H groups in total. The summed E-state index contributed by atoms with van der Waals surface area (Å²) in [7, 11) is -4.11. The number of carbonyl (C=O) groups excluding carboxylic acids is 2. The van der Waals surface area contributed by atoms with Gasteiger partial charge in [0.25, 0.3) is 0 Å². The van der Waals surface area contributed by atoms with Gasteiger partial charge in [0.05, 0.1) is 25.9 Å². The molecule has 1 aliphatic carbocycles. The molecule has 11 nitrogen and oxygen atoms in total. The Kier molecular flexibility index (Phi) is 13.1. The van der Waals surface area contributed by atoms with Crippen molar-refractivity contribution < 1.29 is 43.1 Å². The Morgan fingerprint density at radius 2 is 1.45 bits per heavy atom. The molecule has 1 saturated carbocycles. The average Bonchev–Trinajstić information content (AvgIpc) is 3.43. The standard InChI is InChI=1S/C26H49N2O9P/c1-7-9-11-34-24(30)19(13-17(3)4)27-38(33,36-16-21-23(29)26(32)15-22(26)37-21)28-20(14-18(5)6)25(31)35-12-10-8-2/h17-23,29,32H,7-16H2,1-6H3,(H2,27,28,33)/t19-,20-,21+,22-,23?,26?/m0/s1. The summed E-state index contributed by atoms with van der Waals surface area (Å²) in [6, 6.07) is -1.93. The maximum atomic E-state index is 14.2. The molecule has 1 saturated heterocycles. The first kappa shape index (κ1) is 33.1. The summed E-state index contributed by atoms with van der Waals surface area (Å²) in [5, 5.41) is 26.4. The number of aliphatic hydroxyl groups is 2. The maximum Gasteiger partial charge on any atom is 0.342 e. The van der Waals surface area contributed by atoms with Crippen LogP contribution in [0.15, 0.2) is 0 Å². The quantitative estimate of drug-likeness (QED) is 0.104. The van der Waals surface area contributed by atoms with Gasteiger partial charge in [-0.05, 0) is 37.5 Å². The van der Waals surface area contributed by atoms with Gasteiger partial charge < -0.3 is 28.9 Å². The van der Waals surface area contributed by atoms with Crippen LogP contribution in [0.3, 0.4) is 0 Å². The van der Waals surface area contributed by atoms with Crippen molar-refractivity contribution in [3.63, 3.8) is 0 Å². The second-order valence-corrected chi connectivity index (χ2v) is 13.2. The van der Waals surface area contributed by atoms with Crippen molar-refractivity contribution in [3.8, 4) is 0 Å². The molecule has 2 unspecified atom stereocenters. The zero-order valence-electron chi connectivity index (χ0n) is 23.8. The molecule has 222 valence electrons. The average molecular weight is 565 g/mol. The van der Waals surface area contributed by atoms with E-state index in [2.05, 4.69) is 10.2 Å². The highest BCUT2D eigenvalue weighted by atomic mass is 31.2. The number of unbranched alkanes of at least 4 members (excludes halogenated alkanes) is 2. The van der Waals surface area contributed by atoms with Gasteiger partial charge in [0.15, 0.2) is 0 Å². The summed E-state index contributed by atoms with van der Waals surface area (Å²) in [5.41, 5.74) is -1.31. The van der Waals surface area contributed by atoms with E-state index >= 15 is 0 Å². The third-order valence-corrected chi connectivity index (χ3v) is 8.47. The third-order valence-electron chi connectivity index (χ3n) is 6.65. The van der Waals surface area contributed by atoms with E-state index < -0.39 is 55.6 Å². The van der Waals surface area contributed by atoms with Crippen molar-refractivity contribution in [1.82, 2.24) is 10.2 Å². The highest BCUT2D eigenvalue weighted by molar-refractivity contribution is 7.54. The van der Waals surface area contributed by atoms with E-state index in [9.17, 15) is 24.4 Å². The molecule has 0 aromatic rings. The van der Waals surface area contributed by atoms with E-state index in [0.29, 0.717) is 32.1 Å². The fraction of sp³-hybridized carbons (Fsp3) is 0.923. The molecule has 2 rings (SSSR count). The van der Waals surface area contributed by atoms with E-state index in [1.54, 1.807) is 0 Å². The van der Waals surface area contributed by atoms with Gasteiger partial charge in [-0.15, -0.1) is 0 Å². The van der Waals surface area contributed by atoms with E-state index in [1.807, 2.05) is 41.5 Å². The minimum Gasteiger partial charge on any atom is -0.465 e. The summed E-state index contributed by atoms with van der Waals surface area (Å²) in [4.78, 5) is 25.9. The Balaban J connectivity index is 2.24. The largest absolute Gasteiger partial charge is 0.465 e. The lowest BCUT2D eigenvalue weighted by molar-refractivity contribution is -0.146. The molecular weight excluding hydrogens is 515 g/mol. The Morgan fingerprint density at radius 3 is 1.82 bits per heavy atom. The molecule has 0 aromatic carbocycles. The molecule has 12 heteroatoms. The summed E-state index contributed by atoms with van der Waals surface area (Å²) >= 11 is 0. The lowest BCUT2D eigenvalue weighted by Crippen LogP contribution is -2.46. The molecule has 0 spiro atoms. The number of carbonyl (C=O) groups is 2. The second kappa shape index (κ2) is 15.1. The van der Waals surface area contributed by atoms with E-state index in [0.717, 1.165) is 12.8 Å². The van der Waals surface area contributed by atoms with E-state index in [-0.39, 0.29) is 31.7 Å². The van der Waals surface area contributed by atoms with Crippen LogP contribution in [0.25, 0.3) is 0 Å². The number of ether oxygens (including phenoxy) is 3. The Bertz CT molecular complexity index is 770. The summed E-state index contributed by atoms with van der Waals surface area (Å²) in [6.07, 6.45) is 1.49. The smallest absolute Gasteiger partial charge is 0.342 e. The first-order chi connectivity index (χ1) is 17.8. The van der Waals surface area contributed by atoms with Crippen LogP contribution in [0.4, 0.5) is 0 Å². The first-order valence-corrected chi connectivity index (χ1v) is 15.7. The fourth-order valence-electron chi connectivity index (χ4n) is 4.33. The molecule has 2 fully saturated rings. The number of hydrogen-bond acceptors (Lipinski definition) is 9. The lowest BCUT2D eigenvalue weighted by Gasteiger charge is -2.30. The fourth-order valence-corrected chi connectivity index (χ4v) is 6.16. The first-order valence-electron chi connectivity index (χ1n) is 14.0. The van der Waals surface area contributed by atoms with Crippen LogP contribution < -0.4 is 10.2 Å². The van der Waals surface area contributed by atoms with Crippen LogP contribution in [-0.4, -0.2) is 78.0 Å². The molecule has 0 radical (unpaired) electrons. The minimum absolute atomic E-state index is 0.0616. The predicted octanol–water partition coefficient (Wildman–Crippen LogP) is 3.07. The number of hydrogen-bond donors (Lipinski definition) is 4. The van der Waals surface area contributed by atoms with Crippen molar-refractivity contribution in [2.75, 3.05) is 19.8 Å². The molecule has 38 heavy (non-hydrogen) atoms. The van der Waals surface area contributed by atoms with E-state index in [4.69, 9.17) is 18.7 Å². The van der Waals surface area contributed by atoms with Crippen LogP contribution in [0.2, 0.25) is 0 Å². The lowest BCUT2D eigenvalue weighted by atomic mass is 10.1. The Labute approximate surface area is 227 Å². The van der Waals surface area contributed by atoms with Crippen molar-refractivity contribution in [2.24, 2.45) is 11.8 Å². The van der Waals surface area contributed by atoms with Crippen molar-refractivity contribution in [1.29, 1.82) is 0 Å². The Morgan fingerprint density at radius 1 is 0.974 bits per heavy atom. The van der Waals surface area contributed by atoms with Crippen molar-refractivity contribution in [2.45, 2.75) is 122 Å². The molecule has 0 aromatic heterocycles. The zero-order chi connectivity index (χ0) is 28.5. The third kappa shape index (κ3) is 9.84. The van der Waals surface area contributed by atoms with Gasteiger partial charge in [0, 0.05) is 6.42 Å². The van der Waals surface area contributed by atoms with Gasteiger partial charge in [-0.25, -0.2) is 10.2 Å². The highest BCUT2D eigenvalue weighted by Gasteiger charge is 2.67. The number of aliphatic hydroxyl groups excluding tert-OH is 1. The predicted molar refractivity (Wildman–Crippen MR) is 142 cm³/mol.